The molecule has 4 nitrogen and oxygen atoms in total. The third-order valence-electron chi connectivity index (χ3n) is 8.49. The summed E-state index contributed by atoms with van der Waals surface area (Å²) >= 11 is 0. The van der Waals surface area contributed by atoms with Crippen molar-refractivity contribution in [2.45, 2.75) is 63.6 Å². The standard InChI is InChI=1S/C30H34F3N3O/c1-19-9-28(26-5-2-3-6-27(26)35-19)36-24-13-23(30(31,32)33)14-25(15-24)37-8-4-7-34-29-16-20-10-21(17-29)12-22(11-20)18-29/h2-3,5-6,9,13-15,20-22,34H,4,7-8,10-12,16-18H2,1H3,(H,35,36). The van der Waals surface area contributed by atoms with E-state index < -0.39 is 11.7 Å². The van der Waals surface area contributed by atoms with Crippen molar-refractivity contribution >= 4 is 22.3 Å². The van der Waals surface area contributed by atoms with Gasteiger partial charge in [-0.05, 0) is 100 Å². The number of ether oxygens (including phenoxy) is 1. The van der Waals surface area contributed by atoms with E-state index in [-0.39, 0.29) is 11.3 Å². The fourth-order valence-corrected chi connectivity index (χ4v) is 7.43. The zero-order valence-corrected chi connectivity index (χ0v) is 21.2. The number of benzene rings is 2. The highest BCUT2D eigenvalue weighted by Crippen LogP contribution is 2.55. The van der Waals surface area contributed by atoms with Crippen molar-refractivity contribution in [2.75, 3.05) is 18.5 Å². The number of nitrogens with one attached hydrogen (secondary N) is 2. The molecule has 0 radical (unpaired) electrons. The van der Waals surface area contributed by atoms with E-state index in [1.165, 1.54) is 38.5 Å². The number of alkyl halides is 3. The highest BCUT2D eigenvalue weighted by Gasteiger charge is 2.50. The Morgan fingerprint density at radius 1 is 0.973 bits per heavy atom. The van der Waals surface area contributed by atoms with Gasteiger partial charge in [-0.1, -0.05) is 18.2 Å². The first-order valence-corrected chi connectivity index (χ1v) is 13.5. The second kappa shape index (κ2) is 9.50. The van der Waals surface area contributed by atoms with Crippen LogP contribution in [-0.2, 0) is 6.18 Å². The molecule has 3 aromatic rings. The molecule has 0 amide bonds. The highest BCUT2D eigenvalue weighted by atomic mass is 19.4. The number of fused-ring (bicyclic) bond motifs is 1. The third-order valence-corrected chi connectivity index (χ3v) is 8.49. The van der Waals surface area contributed by atoms with Gasteiger partial charge < -0.3 is 15.4 Å². The van der Waals surface area contributed by atoms with Crippen molar-refractivity contribution in [3.05, 3.63) is 59.8 Å². The van der Waals surface area contributed by atoms with Gasteiger partial charge in [0.05, 0.1) is 17.7 Å². The molecule has 2 aromatic carbocycles. The Balaban J connectivity index is 1.12. The van der Waals surface area contributed by atoms with Gasteiger partial charge >= 0.3 is 6.18 Å². The van der Waals surface area contributed by atoms with Crippen LogP contribution in [0.4, 0.5) is 24.5 Å². The Bertz CT molecular complexity index is 1250. The molecule has 1 aromatic heterocycles. The molecule has 2 N–H and O–H groups in total. The number of halogens is 3. The Morgan fingerprint density at radius 3 is 2.38 bits per heavy atom. The van der Waals surface area contributed by atoms with Crippen LogP contribution in [-0.4, -0.2) is 23.7 Å². The molecule has 0 saturated heterocycles. The molecule has 7 rings (SSSR count). The van der Waals surface area contributed by atoms with E-state index in [2.05, 4.69) is 15.6 Å². The summed E-state index contributed by atoms with van der Waals surface area (Å²) < 4.78 is 47.0. The molecule has 1 heterocycles. The van der Waals surface area contributed by atoms with Crippen molar-refractivity contribution in [3.63, 3.8) is 0 Å². The van der Waals surface area contributed by atoms with E-state index in [0.29, 0.717) is 18.0 Å². The topological polar surface area (TPSA) is 46.2 Å². The second-order valence-electron chi connectivity index (χ2n) is 11.5. The van der Waals surface area contributed by atoms with E-state index in [1.807, 2.05) is 37.3 Å². The minimum atomic E-state index is -4.47. The first kappa shape index (κ1) is 24.5. The molecular weight excluding hydrogens is 475 g/mol. The van der Waals surface area contributed by atoms with Crippen LogP contribution in [0.5, 0.6) is 5.75 Å². The molecule has 0 atom stereocenters. The Kier molecular flexibility index (Phi) is 6.30. The summed E-state index contributed by atoms with van der Waals surface area (Å²) in [7, 11) is 0. The van der Waals surface area contributed by atoms with Gasteiger partial charge in [0.1, 0.15) is 5.75 Å². The van der Waals surface area contributed by atoms with Gasteiger partial charge in [-0.15, -0.1) is 0 Å². The van der Waals surface area contributed by atoms with Crippen LogP contribution in [0.1, 0.15) is 56.2 Å². The normalized spacial score (nSPS) is 26.5. The number of rotatable bonds is 8. The van der Waals surface area contributed by atoms with Gasteiger partial charge in [0.2, 0.25) is 0 Å². The van der Waals surface area contributed by atoms with Gasteiger partial charge in [0.15, 0.2) is 0 Å². The number of aryl methyl sites for hydroxylation is 1. The number of aromatic nitrogens is 1. The summed E-state index contributed by atoms with van der Waals surface area (Å²) in [5.41, 5.74) is 2.19. The molecule has 37 heavy (non-hydrogen) atoms. The molecule has 196 valence electrons. The molecule has 0 aliphatic heterocycles. The summed E-state index contributed by atoms with van der Waals surface area (Å²) in [5, 5.41) is 7.87. The Hall–Kier alpha value is -2.80. The molecule has 7 heteroatoms. The summed E-state index contributed by atoms with van der Waals surface area (Å²) in [4.78, 5) is 4.52. The fraction of sp³-hybridized carbons (Fsp3) is 0.500. The maximum Gasteiger partial charge on any atom is 0.416 e. The van der Waals surface area contributed by atoms with Crippen LogP contribution in [0.3, 0.4) is 0 Å². The van der Waals surface area contributed by atoms with Crippen LogP contribution >= 0.6 is 0 Å². The lowest BCUT2D eigenvalue weighted by molar-refractivity contribution is -0.137. The maximum atomic E-state index is 13.7. The summed E-state index contributed by atoms with van der Waals surface area (Å²) in [6, 6.07) is 13.3. The van der Waals surface area contributed by atoms with Gasteiger partial charge in [0, 0.05) is 34.1 Å². The lowest BCUT2D eigenvalue weighted by atomic mass is 9.53. The van der Waals surface area contributed by atoms with Gasteiger partial charge in [-0.25, -0.2) is 0 Å². The van der Waals surface area contributed by atoms with Crippen LogP contribution < -0.4 is 15.4 Å². The molecule has 4 aliphatic rings. The monoisotopic (exact) mass is 509 g/mol. The van der Waals surface area contributed by atoms with Gasteiger partial charge in [0.25, 0.3) is 0 Å². The van der Waals surface area contributed by atoms with E-state index in [4.69, 9.17) is 4.74 Å². The van der Waals surface area contributed by atoms with Crippen LogP contribution in [0, 0.1) is 24.7 Å². The number of anilines is 2. The Labute approximate surface area is 216 Å². The van der Waals surface area contributed by atoms with Crippen LogP contribution in [0.25, 0.3) is 10.9 Å². The Morgan fingerprint density at radius 2 is 1.68 bits per heavy atom. The number of hydrogen-bond acceptors (Lipinski definition) is 4. The molecule has 0 spiro atoms. The summed E-state index contributed by atoms with van der Waals surface area (Å²) in [5.74, 6) is 2.87. The molecule has 0 unspecified atom stereocenters. The molecule has 4 bridgehead atoms. The minimum absolute atomic E-state index is 0.224. The predicted octanol–water partition coefficient (Wildman–Crippen LogP) is 7.63. The van der Waals surface area contributed by atoms with Crippen LogP contribution in [0.2, 0.25) is 0 Å². The largest absolute Gasteiger partial charge is 0.493 e. The zero-order chi connectivity index (χ0) is 25.6. The predicted molar refractivity (Wildman–Crippen MR) is 140 cm³/mol. The van der Waals surface area contributed by atoms with Gasteiger partial charge in [-0.3, -0.25) is 4.98 Å². The average Bonchev–Trinajstić information content (AvgIpc) is 2.82. The maximum absolute atomic E-state index is 13.7. The number of hydrogen-bond donors (Lipinski definition) is 2. The van der Waals surface area contributed by atoms with Crippen LogP contribution in [0.15, 0.2) is 48.5 Å². The van der Waals surface area contributed by atoms with E-state index >= 15 is 0 Å². The number of para-hydroxylation sites is 1. The van der Waals surface area contributed by atoms with Crippen molar-refractivity contribution in [2.24, 2.45) is 17.8 Å². The highest BCUT2D eigenvalue weighted by molar-refractivity contribution is 5.93. The summed E-state index contributed by atoms with van der Waals surface area (Å²) in [6.07, 6.45) is 4.37. The first-order valence-electron chi connectivity index (χ1n) is 13.5. The second-order valence-corrected chi connectivity index (χ2v) is 11.5. The van der Waals surface area contributed by atoms with Crippen molar-refractivity contribution in [1.82, 2.24) is 10.3 Å². The molecular formula is C30H34F3N3O. The number of nitrogens with zero attached hydrogens (tertiary/aromatic N) is 1. The lowest BCUT2D eigenvalue weighted by Crippen LogP contribution is -2.58. The zero-order valence-electron chi connectivity index (χ0n) is 21.2. The lowest BCUT2D eigenvalue weighted by Gasteiger charge is -2.57. The summed E-state index contributed by atoms with van der Waals surface area (Å²) in [6.45, 7) is 3.08. The molecule has 4 fully saturated rings. The fourth-order valence-electron chi connectivity index (χ4n) is 7.43. The van der Waals surface area contributed by atoms with Crippen molar-refractivity contribution < 1.29 is 17.9 Å². The number of pyridine rings is 1. The van der Waals surface area contributed by atoms with E-state index in [9.17, 15) is 13.2 Å². The first-order chi connectivity index (χ1) is 17.7. The van der Waals surface area contributed by atoms with E-state index in [1.54, 1.807) is 6.07 Å². The minimum Gasteiger partial charge on any atom is -0.493 e. The SMILES string of the molecule is Cc1cc(Nc2cc(OCCCNC34CC5CC(CC(C5)C3)C4)cc(C(F)(F)F)c2)c2ccccc2n1. The quantitative estimate of drug-likeness (QED) is 0.307. The molecule has 4 saturated carbocycles. The smallest absolute Gasteiger partial charge is 0.416 e. The van der Waals surface area contributed by atoms with Crippen molar-refractivity contribution in [1.29, 1.82) is 0 Å². The third kappa shape index (κ3) is 5.28. The van der Waals surface area contributed by atoms with Gasteiger partial charge in [-0.2, -0.15) is 13.2 Å². The average molecular weight is 510 g/mol. The van der Waals surface area contributed by atoms with E-state index in [0.717, 1.165) is 59.4 Å². The van der Waals surface area contributed by atoms with Crippen molar-refractivity contribution in [3.8, 4) is 5.75 Å². The molecule has 4 aliphatic carbocycles.